The van der Waals surface area contributed by atoms with Gasteiger partial charge in [0.2, 0.25) is 0 Å². The zero-order valence-corrected chi connectivity index (χ0v) is 11.4. The lowest BCUT2D eigenvalue weighted by atomic mass is 10.1. The summed E-state index contributed by atoms with van der Waals surface area (Å²) in [5.74, 6) is 0. The van der Waals surface area contributed by atoms with Gasteiger partial charge >= 0.3 is 0 Å². The Morgan fingerprint density at radius 1 is 1.16 bits per heavy atom. The van der Waals surface area contributed by atoms with Crippen LogP contribution >= 0.6 is 0 Å². The van der Waals surface area contributed by atoms with E-state index in [1.165, 1.54) is 16.6 Å². The van der Waals surface area contributed by atoms with Gasteiger partial charge in [-0.25, -0.2) is 4.98 Å². The Morgan fingerprint density at radius 3 is 2.74 bits per heavy atom. The van der Waals surface area contributed by atoms with Crippen molar-refractivity contribution in [2.24, 2.45) is 0 Å². The molecule has 0 atom stereocenters. The van der Waals surface area contributed by atoms with E-state index < -0.39 is 10.0 Å². The van der Waals surface area contributed by atoms with Crippen molar-refractivity contribution in [3.8, 4) is 0 Å². The lowest BCUT2D eigenvalue weighted by molar-refractivity contribution is 0.588. The number of aryl methyl sites for hydroxylation is 1. The van der Waals surface area contributed by atoms with Crippen molar-refractivity contribution in [2.75, 3.05) is 10.8 Å². The second kappa shape index (κ2) is 4.35. The molecule has 0 aliphatic carbocycles. The molecular formula is C14H14N2O2S. The number of benzene rings is 1. The molecule has 0 unspecified atom stereocenters. The lowest BCUT2D eigenvalue weighted by Crippen LogP contribution is -2.29. The average Bonchev–Trinajstić information content (AvgIpc) is 2.86. The van der Waals surface area contributed by atoms with Crippen LogP contribution in [0.1, 0.15) is 11.1 Å². The Hall–Kier alpha value is -1.88. The van der Waals surface area contributed by atoms with Crippen LogP contribution < -0.4 is 4.31 Å². The lowest BCUT2D eigenvalue weighted by Gasteiger charge is -2.19. The van der Waals surface area contributed by atoms with Crippen molar-refractivity contribution in [1.29, 1.82) is 0 Å². The number of sulfonamides is 1. The van der Waals surface area contributed by atoms with Crippen LogP contribution in [0.2, 0.25) is 0 Å². The predicted octanol–water partition coefficient (Wildman–Crippen LogP) is 2.14. The number of hydrogen-bond acceptors (Lipinski definition) is 3. The Morgan fingerprint density at radius 2 is 2.00 bits per heavy atom. The maximum atomic E-state index is 12.6. The van der Waals surface area contributed by atoms with Gasteiger partial charge in [-0.15, -0.1) is 0 Å². The van der Waals surface area contributed by atoms with Gasteiger partial charge in [-0.3, -0.25) is 4.31 Å². The standard InChI is InChI=1S/C14H14N2O2S/c1-11-5-4-6-13-12(11)8-10-16(13)19(17,18)14-7-2-3-9-15-14/h2-7,9H,8,10H2,1H3. The normalized spacial score (nSPS) is 14.5. The number of fused-ring (bicyclic) bond motifs is 1. The smallest absolute Gasteiger partial charge is 0.264 e. The highest BCUT2D eigenvalue weighted by Crippen LogP contribution is 2.34. The topological polar surface area (TPSA) is 50.3 Å². The van der Waals surface area contributed by atoms with Crippen molar-refractivity contribution in [3.63, 3.8) is 0 Å². The van der Waals surface area contributed by atoms with Gasteiger partial charge in [-0.05, 0) is 42.7 Å². The molecule has 0 saturated heterocycles. The summed E-state index contributed by atoms with van der Waals surface area (Å²) in [6.07, 6.45) is 2.26. The van der Waals surface area contributed by atoms with Crippen molar-refractivity contribution < 1.29 is 8.42 Å². The Balaban J connectivity index is 2.10. The molecule has 1 aromatic carbocycles. The summed E-state index contributed by atoms with van der Waals surface area (Å²) >= 11 is 0. The maximum Gasteiger partial charge on any atom is 0.281 e. The van der Waals surface area contributed by atoms with E-state index in [1.54, 1.807) is 12.1 Å². The van der Waals surface area contributed by atoms with E-state index in [0.29, 0.717) is 6.54 Å². The van der Waals surface area contributed by atoms with Crippen LogP contribution in [-0.2, 0) is 16.4 Å². The van der Waals surface area contributed by atoms with Gasteiger partial charge in [0.15, 0.2) is 5.03 Å². The fourth-order valence-electron chi connectivity index (χ4n) is 2.44. The molecule has 2 heterocycles. The third kappa shape index (κ3) is 1.90. The van der Waals surface area contributed by atoms with Gasteiger partial charge in [-0.2, -0.15) is 8.42 Å². The number of pyridine rings is 1. The number of hydrogen-bond donors (Lipinski definition) is 0. The minimum absolute atomic E-state index is 0.101. The molecule has 0 N–H and O–H groups in total. The first kappa shape index (κ1) is 12.2. The van der Waals surface area contributed by atoms with Crippen molar-refractivity contribution in [1.82, 2.24) is 4.98 Å². The minimum Gasteiger partial charge on any atom is -0.264 e. The van der Waals surface area contributed by atoms with Crippen LogP contribution in [0.4, 0.5) is 5.69 Å². The van der Waals surface area contributed by atoms with E-state index in [9.17, 15) is 8.42 Å². The van der Waals surface area contributed by atoms with Crippen LogP contribution in [0.25, 0.3) is 0 Å². The summed E-state index contributed by atoms with van der Waals surface area (Å²) in [6, 6.07) is 10.7. The summed E-state index contributed by atoms with van der Waals surface area (Å²) in [7, 11) is -3.55. The quantitative estimate of drug-likeness (QED) is 0.843. The molecule has 5 heteroatoms. The Bertz CT molecular complexity index is 711. The summed E-state index contributed by atoms with van der Waals surface area (Å²) in [5, 5.41) is 0.101. The van der Waals surface area contributed by atoms with Gasteiger partial charge in [0.05, 0.1) is 5.69 Å². The molecule has 4 nitrogen and oxygen atoms in total. The molecule has 19 heavy (non-hydrogen) atoms. The molecule has 1 aliphatic rings. The summed E-state index contributed by atoms with van der Waals surface area (Å²) < 4.78 is 26.6. The molecule has 98 valence electrons. The monoisotopic (exact) mass is 274 g/mol. The van der Waals surface area contributed by atoms with Gasteiger partial charge in [-0.1, -0.05) is 18.2 Å². The molecular weight excluding hydrogens is 260 g/mol. The highest BCUT2D eigenvalue weighted by molar-refractivity contribution is 7.92. The molecule has 3 rings (SSSR count). The Kier molecular flexibility index (Phi) is 2.78. The van der Waals surface area contributed by atoms with Gasteiger partial charge < -0.3 is 0 Å². The molecule has 1 aromatic heterocycles. The summed E-state index contributed by atoms with van der Waals surface area (Å²) in [6.45, 7) is 2.49. The fourth-order valence-corrected chi connectivity index (χ4v) is 3.87. The zero-order valence-electron chi connectivity index (χ0n) is 10.6. The van der Waals surface area contributed by atoms with Gasteiger partial charge in [0.1, 0.15) is 0 Å². The van der Waals surface area contributed by atoms with Crippen LogP contribution in [0.3, 0.4) is 0 Å². The van der Waals surface area contributed by atoms with Crippen LogP contribution in [-0.4, -0.2) is 19.9 Å². The predicted molar refractivity (Wildman–Crippen MR) is 73.7 cm³/mol. The molecule has 1 aliphatic heterocycles. The SMILES string of the molecule is Cc1cccc2c1CCN2S(=O)(=O)c1ccccn1. The summed E-state index contributed by atoms with van der Waals surface area (Å²) in [5.41, 5.74) is 3.03. The zero-order chi connectivity index (χ0) is 13.5. The van der Waals surface area contributed by atoms with E-state index in [2.05, 4.69) is 4.98 Å². The van der Waals surface area contributed by atoms with Crippen LogP contribution in [0, 0.1) is 6.92 Å². The fraction of sp³-hybridized carbons (Fsp3) is 0.214. The molecule has 0 saturated carbocycles. The van der Waals surface area contributed by atoms with E-state index in [1.807, 2.05) is 25.1 Å². The number of rotatable bonds is 2. The molecule has 2 aromatic rings. The first-order valence-electron chi connectivity index (χ1n) is 6.13. The minimum atomic E-state index is -3.55. The second-order valence-electron chi connectivity index (χ2n) is 4.57. The first-order chi connectivity index (χ1) is 9.10. The van der Waals surface area contributed by atoms with Gasteiger partial charge in [0.25, 0.3) is 10.0 Å². The van der Waals surface area contributed by atoms with E-state index >= 15 is 0 Å². The van der Waals surface area contributed by atoms with Crippen molar-refractivity contribution in [3.05, 3.63) is 53.7 Å². The summed E-state index contributed by atoms with van der Waals surface area (Å²) in [4.78, 5) is 3.96. The molecule has 0 fully saturated rings. The highest BCUT2D eigenvalue weighted by atomic mass is 32.2. The van der Waals surface area contributed by atoms with Crippen LogP contribution in [0.5, 0.6) is 0 Å². The average molecular weight is 274 g/mol. The van der Waals surface area contributed by atoms with E-state index in [0.717, 1.165) is 23.2 Å². The molecule has 0 amide bonds. The van der Waals surface area contributed by atoms with Crippen LogP contribution in [0.15, 0.2) is 47.6 Å². The largest absolute Gasteiger partial charge is 0.281 e. The number of nitrogens with zero attached hydrogens (tertiary/aromatic N) is 2. The number of anilines is 1. The molecule has 0 radical (unpaired) electrons. The first-order valence-corrected chi connectivity index (χ1v) is 7.57. The third-order valence-corrected chi connectivity index (χ3v) is 5.14. The Labute approximate surface area is 112 Å². The second-order valence-corrected chi connectivity index (χ2v) is 6.38. The van der Waals surface area contributed by atoms with Gasteiger partial charge in [0, 0.05) is 12.7 Å². The third-order valence-electron chi connectivity index (χ3n) is 3.41. The molecule has 0 spiro atoms. The molecule has 0 bridgehead atoms. The highest BCUT2D eigenvalue weighted by Gasteiger charge is 2.32. The van der Waals surface area contributed by atoms with Crippen molar-refractivity contribution in [2.45, 2.75) is 18.4 Å². The number of aromatic nitrogens is 1. The van der Waals surface area contributed by atoms with E-state index in [-0.39, 0.29) is 5.03 Å². The van der Waals surface area contributed by atoms with Crippen molar-refractivity contribution >= 4 is 15.7 Å². The maximum absolute atomic E-state index is 12.6. The van der Waals surface area contributed by atoms with E-state index in [4.69, 9.17) is 0 Å².